The fourth-order valence-electron chi connectivity index (χ4n) is 2.80. The standard InChI is InChI=1S/C16H18N2OS.ClH/c1-12(18-8-6-17-7-9-18)14(10-19)15-11-20-16-5-3-2-4-13(15)16;/h2-5,11-12,17H,6-9H2,1H3;1H. The average Bonchev–Trinajstić information content (AvgIpc) is 2.93. The van der Waals surface area contributed by atoms with Crippen molar-refractivity contribution in [3.8, 4) is 0 Å². The van der Waals surface area contributed by atoms with E-state index >= 15 is 0 Å². The summed E-state index contributed by atoms with van der Waals surface area (Å²) in [6, 6.07) is 8.36. The summed E-state index contributed by atoms with van der Waals surface area (Å²) in [6.07, 6.45) is 0. The highest BCUT2D eigenvalue weighted by molar-refractivity contribution is 7.17. The number of halogens is 1. The number of carbonyl (C=O) groups excluding carboxylic acids is 1. The molecule has 5 heteroatoms. The summed E-state index contributed by atoms with van der Waals surface area (Å²) >= 11 is 1.69. The van der Waals surface area contributed by atoms with Gasteiger partial charge < -0.3 is 5.32 Å². The maximum absolute atomic E-state index is 11.5. The van der Waals surface area contributed by atoms with Crippen LogP contribution >= 0.6 is 23.7 Å². The van der Waals surface area contributed by atoms with Crippen LogP contribution in [0.15, 0.2) is 29.6 Å². The van der Waals surface area contributed by atoms with Gasteiger partial charge in [0.2, 0.25) is 0 Å². The van der Waals surface area contributed by atoms with Gasteiger partial charge >= 0.3 is 0 Å². The van der Waals surface area contributed by atoms with Crippen LogP contribution in [0.1, 0.15) is 12.5 Å². The van der Waals surface area contributed by atoms with Crippen LogP contribution in [0.25, 0.3) is 15.7 Å². The molecule has 0 bridgehead atoms. The van der Waals surface area contributed by atoms with Crippen LogP contribution in [0, 0.1) is 0 Å². The molecule has 2 heterocycles. The number of hydrogen-bond acceptors (Lipinski definition) is 4. The second kappa shape index (κ2) is 7.21. The second-order valence-corrected chi connectivity index (χ2v) is 6.03. The highest BCUT2D eigenvalue weighted by atomic mass is 35.5. The summed E-state index contributed by atoms with van der Waals surface area (Å²) in [5, 5.41) is 6.60. The Kier molecular flexibility index (Phi) is 5.57. The number of rotatable bonds is 3. The Hall–Kier alpha value is -1.16. The molecule has 1 saturated heterocycles. The smallest absolute Gasteiger partial charge is 0.130 e. The van der Waals surface area contributed by atoms with Gasteiger partial charge in [-0.3, -0.25) is 4.90 Å². The molecule has 3 nitrogen and oxygen atoms in total. The van der Waals surface area contributed by atoms with Gasteiger partial charge in [0, 0.05) is 53.3 Å². The Labute approximate surface area is 135 Å². The van der Waals surface area contributed by atoms with Crippen LogP contribution in [0.5, 0.6) is 0 Å². The predicted molar refractivity (Wildman–Crippen MR) is 92.1 cm³/mol. The van der Waals surface area contributed by atoms with Gasteiger partial charge in [-0.05, 0) is 13.0 Å². The van der Waals surface area contributed by atoms with Crippen molar-refractivity contribution in [1.82, 2.24) is 10.2 Å². The van der Waals surface area contributed by atoms with Gasteiger partial charge in [0.05, 0.1) is 5.57 Å². The molecular weight excluding hydrogens is 304 g/mol. The Morgan fingerprint density at radius 3 is 2.76 bits per heavy atom. The summed E-state index contributed by atoms with van der Waals surface area (Å²) in [5.41, 5.74) is 1.83. The third kappa shape index (κ3) is 3.20. The molecule has 1 atom stereocenters. The van der Waals surface area contributed by atoms with E-state index in [1.807, 2.05) is 12.1 Å². The Morgan fingerprint density at radius 2 is 2.05 bits per heavy atom. The fourth-order valence-corrected chi connectivity index (χ4v) is 3.76. The van der Waals surface area contributed by atoms with Crippen molar-refractivity contribution < 1.29 is 4.79 Å². The minimum atomic E-state index is 0. The van der Waals surface area contributed by atoms with E-state index in [1.54, 1.807) is 11.3 Å². The first-order valence-electron chi connectivity index (χ1n) is 6.97. The predicted octanol–water partition coefficient (Wildman–Crippen LogP) is 2.83. The molecule has 2 aromatic rings. The molecule has 1 unspecified atom stereocenters. The number of fused-ring (bicyclic) bond motifs is 1. The highest BCUT2D eigenvalue weighted by Gasteiger charge is 2.23. The topological polar surface area (TPSA) is 32.3 Å². The zero-order chi connectivity index (χ0) is 13.9. The van der Waals surface area contributed by atoms with Crippen LogP contribution < -0.4 is 5.32 Å². The van der Waals surface area contributed by atoms with Crippen molar-refractivity contribution in [3.63, 3.8) is 0 Å². The SMILES string of the molecule is CC(C(=C=O)c1csc2ccccc12)N1CCNCC1.Cl. The number of benzene rings is 1. The number of thiophene rings is 1. The van der Waals surface area contributed by atoms with E-state index < -0.39 is 0 Å². The van der Waals surface area contributed by atoms with Crippen LogP contribution in [-0.4, -0.2) is 43.1 Å². The quantitative estimate of drug-likeness (QED) is 0.882. The zero-order valence-corrected chi connectivity index (χ0v) is 13.6. The van der Waals surface area contributed by atoms with E-state index in [2.05, 4.69) is 40.6 Å². The maximum atomic E-state index is 11.5. The summed E-state index contributed by atoms with van der Waals surface area (Å²) in [6.45, 7) is 6.04. The zero-order valence-electron chi connectivity index (χ0n) is 12.0. The Balaban J connectivity index is 0.00000161. The first-order valence-corrected chi connectivity index (χ1v) is 7.85. The van der Waals surface area contributed by atoms with Gasteiger partial charge in [0.25, 0.3) is 0 Å². The summed E-state index contributed by atoms with van der Waals surface area (Å²) in [5.74, 6) is 2.20. The molecule has 0 amide bonds. The molecule has 21 heavy (non-hydrogen) atoms. The summed E-state index contributed by atoms with van der Waals surface area (Å²) < 4.78 is 1.22. The number of piperazine rings is 1. The monoisotopic (exact) mass is 322 g/mol. The summed E-state index contributed by atoms with van der Waals surface area (Å²) in [7, 11) is 0. The molecule has 0 aliphatic carbocycles. The molecule has 1 aromatic heterocycles. The van der Waals surface area contributed by atoms with Crippen molar-refractivity contribution in [2.45, 2.75) is 13.0 Å². The molecule has 1 aliphatic rings. The second-order valence-electron chi connectivity index (χ2n) is 5.12. The van der Waals surface area contributed by atoms with Crippen molar-refractivity contribution >= 4 is 45.3 Å². The van der Waals surface area contributed by atoms with Gasteiger partial charge in [0.1, 0.15) is 5.94 Å². The first kappa shape index (κ1) is 16.2. The molecule has 0 spiro atoms. The lowest BCUT2D eigenvalue weighted by Crippen LogP contribution is -2.47. The lowest BCUT2D eigenvalue weighted by molar-refractivity contribution is 0.218. The largest absolute Gasteiger partial charge is 0.314 e. The minimum Gasteiger partial charge on any atom is -0.314 e. The van der Waals surface area contributed by atoms with Crippen LogP contribution in [0.2, 0.25) is 0 Å². The van der Waals surface area contributed by atoms with Gasteiger partial charge in [-0.25, -0.2) is 4.79 Å². The third-order valence-electron chi connectivity index (χ3n) is 4.00. The average molecular weight is 323 g/mol. The van der Waals surface area contributed by atoms with E-state index in [1.165, 1.54) is 4.70 Å². The van der Waals surface area contributed by atoms with E-state index in [4.69, 9.17) is 0 Å². The Morgan fingerprint density at radius 1 is 1.33 bits per heavy atom. The lowest BCUT2D eigenvalue weighted by atomic mass is 9.99. The van der Waals surface area contributed by atoms with Crippen LogP contribution in [0.3, 0.4) is 0 Å². The molecule has 0 radical (unpaired) electrons. The van der Waals surface area contributed by atoms with E-state index in [-0.39, 0.29) is 18.4 Å². The van der Waals surface area contributed by atoms with E-state index in [9.17, 15) is 4.79 Å². The molecule has 1 aliphatic heterocycles. The van der Waals surface area contributed by atoms with Crippen molar-refractivity contribution in [2.24, 2.45) is 0 Å². The van der Waals surface area contributed by atoms with Crippen molar-refractivity contribution in [3.05, 3.63) is 35.2 Å². The minimum absolute atomic E-state index is 0. The van der Waals surface area contributed by atoms with Gasteiger partial charge in [0.15, 0.2) is 0 Å². The molecule has 3 rings (SSSR count). The maximum Gasteiger partial charge on any atom is 0.130 e. The van der Waals surface area contributed by atoms with Crippen LogP contribution in [-0.2, 0) is 4.79 Å². The third-order valence-corrected chi connectivity index (χ3v) is 4.96. The highest BCUT2D eigenvalue weighted by Crippen LogP contribution is 2.32. The summed E-state index contributed by atoms with van der Waals surface area (Å²) in [4.78, 5) is 13.9. The molecule has 0 saturated carbocycles. The Bertz CT molecular complexity index is 657. The van der Waals surface area contributed by atoms with Gasteiger partial charge in [-0.15, -0.1) is 23.7 Å². The number of hydrogen-bond donors (Lipinski definition) is 1. The van der Waals surface area contributed by atoms with E-state index in [0.29, 0.717) is 0 Å². The van der Waals surface area contributed by atoms with Gasteiger partial charge in [-0.2, -0.15) is 0 Å². The number of nitrogens with zero attached hydrogens (tertiary/aromatic N) is 1. The van der Waals surface area contributed by atoms with Crippen molar-refractivity contribution in [1.29, 1.82) is 0 Å². The van der Waals surface area contributed by atoms with Crippen LogP contribution in [0.4, 0.5) is 0 Å². The van der Waals surface area contributed by atoms with Crippen molar-refractivity contribution in [2.75, 3.05) is 26.2 Å². The number of nitrogens with one attached hydrogen (secondary N) is 1. The van der Waals surface area contributed by atoms with E-state index in [0.717, 1.165) is 42.7 Å². The van der Waals surface area contributed by atoms with Gasteiger partial charge in [-0.1, -0.05) is 18.2 Å². The molecule has 1 fully saturated rings. The molecule has 1 N–H and O–H groups in total. The lowest BCUT2D eigenvalue weighted by Gasteiger charge is -2.33. The molecule has 1 aromatic carbocycles. The normalized spacial score (nSPS) is 17.0. The first-order chi connectivity index (χ1) is 9.81. The fraction of sp³-hybridized carbons (Fsp3) is 0.375. The molecular formula is C16H19ClN2OS. The molecule has 112 valence electrons.